The molecule has 0 bridgehead atoms. The van der Waals surface area contributed by atoms with Gasteiger partial charge >= 0.3 is 18.0 Å². The molecule has 1 N–H and O–H groups in total. The number of carbonyl (C=O) groups excluding carboxylic acids is 5. The first-order chi connectivity index (χ1) is 17.2. The molecule has 192 valence electrons. The molecule has 0 saturated carbocycles. The molecule has 36 heavy (non-hydrogen) atoms. The molecular weight excluding hydrogens is 488 g/mol. The van der Waals surface area contributed by atoms with Crippen LogP contribution >= 0.6 is 12.6 Å². The summed E-state index contributed by atoms with van der Waals surface area (Å²) in [4.78, 5) is 63.4. The van der Waals surface area contributed by atoms with Crippen molar-refractivity contribution in [2.24, 2.45) is 5.92 Å². The van der Waals surface area contributed by atoms with Gasteiger partial charge in [-0.25, -0.2) is 14.4 Å². The number of amides is 2. The number of benzene rings is 1. The van der Waals surface area contributed by atoms with Gasteiger partial charge in [0.1, 0.15) is 25.9 Å². The minimum absolute atomic E-state index is 0.0183. The third-order valence-electron chi connectivity index (χ3n) is 5.11. The lowest BCUT2D eigenvalue weighted by molar-refractivity contribution is -0.120. The second kappa shape index (κ2) is 13.9. The zero-order valence-electron chi connectivity index (χ0n) is 19.6. The van der Waals surface area contributed by atoms with Crippen molar-refractivity contribution in [2.45, 2.75) is 18.9 Å². The number of hydrogen-bond donors (Lipinski definition) is 2. The van der Waals surface area contributed by atoms with Crippen molar-refractivity contribution in [3.05, 3.63) is 67.3 Å². The predicted molar refractivity (Wildman–Crippen MR) is 135 cm³/mol. The molecule has 0 radical (unpaired) electrons. The fourth-order valence-electron chi connectivity index (χ4n) is 3.58. The second-order valence-corrected chi connectivity index (χ2v) is 8.26. The van der Waals surface area contributed by atoms with Crippen LogP contribution in [0.1, 0.15) is 33.6 Å². The first-order valence-electron chi connectivity index (χ1n) is 11.0. The van der Waals surface area contributed by atoms with E-state index in [1.54, 1.807) is 0 Å². The number of anilines is 1. The topological polar surface area (TPSA) is 128 Å². The molecule has 2 amide bonds. The molecule has 1 heterocycles. The van der Waals surface area contributed by atoms with Crippen LogP contribution in [-0.4, -0.2) is 66.4 Å². The highest BCUT2D eigenvalue weighted by Crippen LogP contribution is 2.29. The van der Waals surface area contributed by atoms with E-state index in [1.165, 1.54) is 41.3 Å². The monoisotopic (exact) mass is 516 g/mol. The lowest BCUT2D eigenvalue weighted by atomic mass is 10.0. The zero-order valence-corrected chi connectivity index (χ0v) is 20.5. The third kappa shape index (κ3) is 7.84. The molecule has 1 aromatic rings. The predicted octanol–water partition coefficient (Wildman–Crippen LogP) is 3.17. The minimum Gasteiger partial charge on any atom is -0.458 e. The average Bonchev–Trinajstić information content (AvgIpc) is 3.27. The summed E-state index contributed by atoms with van der Waals surface area (Å²) in [7, 11) is 0. The Morgan fingerprint density at radius 3 is 2.19 bits per heavy atom. The number of thiol groups is 1. The first-order valence-corrected chi connectivity index (χ1v) is 11.4. The van der Waals surface area contributed by atoms with Crippen molar-refractivity contribution in [2.75, 3.05) is 31.7 Å². The number of ether oxygens (including phenoxy) is 3. The molecule has 11 heteroatoms. The van der Waals surface area contributed by atoms with Crippen LogP contribution in [-0.2, 0) is 23.8 Å². The zero-order chi connectivity index (χ0) is 26.7. The Morgan fingerprint density at radius 2 is 1.58 bits per heavy atom. The number of esters is 2. The Morgan fingerprint density at radius 1 is 0.972 bits per heavy atom. The van der Waals surface area contributed by atoms with Gasteiger partial charge < -0.3 is 19.5 Å². The number of rotatable bonds is 12. The fourth-order valence-corrected chi connectivity index (χ4v) is 3.84. The van der Waals surface area contributed by atoms with Gasteiger partial charge in [0.25, 0.3) is 0 Å². The summed E-state index contributed by atoms with van der Waals surface area (Å²) in [5, 5.41) is 2.23. The lowest BCUT2D eigenvalue weighted by Gasteiger charge is -2.23. The molecule has 1 fully saturated rings. The second-order valence-electron chi connectivity index (χ2n) is 7.76. The van der Waals surface area contributed by atoms with Gasteiger partial charge in [0.15, 0.2) is 5.12 Å². The van der Waals surface area contributed by atoms with Crippen molar-refractivity contribution in [1.82, 2.24) is 4.90 Å². The van der Waals surface area contributed by atoms with E-state index < -0.39 is 30.0 Å². The van der Waals surface area contributed by atoms with E-state index in [1.807, 2.05) is 0 Å². The minimum atomic E-state index is -1.01. The van der Waals surface area contributed by atoms with E-state index in [2.05, 4.69) is 37.7 Å². The van der Waals surface area contributed by atoms with Crippen molar-refractivity contribution >= 4 is 47.4 Å². The Kier molecular flexibility index (Phi) is 10.9. The summed E-state index contributed by atoms with van der Waals surface area (Å²) in [5.41, 5.74) is 0.0289. The molecule has 0 spiro atoms. The summed E-state index contributed by atoms with van der Waals surface area (Å²) < 4.78 is 15.2. The molecule has 1 saturated heterocycles. The highest BCUT2D eigenvalue weighted by atomic mass is 32.1. The highest BCUT2D eigenvalue weighted by molar-refractivity contribution is 7.96. The number of carbonyl (C=O) groups is 5. The summed E-state index contributed by atoms with van der Waals surface area (Å²) in [6.45, 7) is 10.4. The van der Waals surface area contributed by atoms with Crippen LogP contribution in [0, 0.1) is 5.92 Å². The quantitative estimate of drug-likeness (QED) is 0.188. The maximum atomic E-state index is 13.3. The smallest absolute Gasteiger partial charge is 0.410 e. The molecule has 1 aromatic carbocycles. The Balaban J connectivity index is 2.36. The van der Waals surface area contributed by atoms with Crippen molar-refractivity contribution in [3.8, 4) is 0 Å². The normalized spacial score (nSPS) is 16.4. The van der Waals surface area contributed by atoms with Gasteiger partial charge in [-0.15, -0.1) is 12.6 Å². The molecule has 10 nitrogen and oxygen atoms in total. The van der Waals surface area contributed by atoms with E-state index >= 15 is 0 Å². The molecule has 0 aliphatic carbocycles. The number of hydrogen-bond acceptors (Lipinski definition) is 8. The van der Waals surface area contributed by atoms with Gasteiger partial charge in [-0.05, 0) is 30.5 Å². The molecule has 1 aliphatic heterocycles. The average molecular weight is 517 g/mol. The maximum Gasteiger partial charge on any atom is 0.410 e. The van der Waals surface area contributed by atoms with Gasteiger partial charge in [0.2, 0.25) is 5.91 Å². The van der Waals surface area contributed by atoms with E-state index in [0.717, 1.165) is 0 Å². The van der Waals surface area contributed by atoms with Crippen molar-refractivity contribution in [1.29, 1.82) is 0 Å². The van der Waals surface area contributed by atoms with Crippen LogP contribution in [0.3, 0.4) is 0 Å². The maximum absolute atomic E-state index is 13.3. The Hall–Kier alpha value is -3.86. The van der Waals surface area contributed by atoms with Crippen LogP contribution < -0.4 is 5.32 Å². The summed E-state index contributed by atoms with van der Waals surface area (Å²) in [5.74, 6) is -2.42. The molecule has 1 aliphatic rings. The number of nitrogens with zero attached hydrogens (tertiary/aromatic N) is 1. The van der Waals surface area contributed by atoms with Gasteiger partial charge in [-0.1, -0.05) is 38.0 Å². The largest absolute Gasteiger partial charge is 0.458 e. The van der Waals surface area contributed by atoms with Crippen LogP contribution in [0.2, 0.25) is 0 Å². The van der Waals surface area contributed by atoms with Crippen LogP contribution in [0.4, 0.5) is 10.5 Å². The van der Waals surface area contributed by atoms with Crippen molar-refractivity contribution < 1.29 is 38.2 Å². The van der Waals surface area contributed by atoms with E-state index in [0.29, 0.717) is 0 Å². The third-order valence-corrected chi connectivity index (χ3v) is 5.29. The highest BCUT2D eigenvalue weighted by Gasteiger charge is 2.41. The number of likely N-dealkylation sites (tertiary alicyclic amines) is 1. The molecule has 2 atom stereocenters. The SMILES string of the molecule is C=CCOC(=O)c1ccc(C(=O)OCC=C)c(NC(=O)[C@@H]2C[C@@H](CC(=O)S)CN2C(=O)OCC=C)c1. The fraction of sp³-hybridized carbons (Fsp3) is 0.320. The first kappa shape index (κ1) is 28.4. The number of nitrogens with one attached hydrogen (secondary N) is 1. The van der Waals surface area contributed by atoms with Crippen molar-refractivity contribution in [3.63, 3.8) is 0 Å². The van der Waals surface area contributed by atoms with Crippen LogP contribution in [0.5, 0.6) is 0 Å². The Bertz CT molecular complexity index is 1050. The standard InChI is InChI=1S/C25H28N2O8S/c1-4-9-33-23(30)17-7-8-18(24(31)34-10-5-2)19(14-17)26-22(29)20-12-16(13-21(28)36)15-27(20)25(32)35-11-6-3/h4-8,14,16,20H,1-3,9-13,15H2,(H,26,29)(H,28,36)/t16-,20-/m0/s1. The van der Waals surface area contributed by atoms with Crippen LogP contribution in [0.15, 0.2) is 56.2 Å². The summed E-state index contributed by atoms with van der Waals surface area (Å²) >= 11 is 3.80. The molecule has 0 aromatic heterocycles. The summed E-state index contributed by atoms with van der Waals surface area (Å²) in [6, 6.07) is 2.94. The van der Waals surface area contributed by atoms with E-state index in [9.17, 15) is 24.0 Å². The lowest BCUT2D eigenvalue weighted by Crippen LogP contribution is -2.43. The van der Waals surface area contributed by atoms with Crippen LogP contribution in [0.25, 0.3) is 0 Å². The van der Waals surface area contributed by atoms with Gasteiger partial charge in [0.05, 0.1) is 16.8 Å². The molecular formula is C25H28N2O8S. The molecule has 0 unspecified atom stereocenters. The van der Waals surface area contributed by atoms with Gasteiger partial charge in [-0.2, -0.15) is 0 Å². The van der Waals surface area contributed by atoms with E-state index in [-0.39, 0.29) is 67.1 Å². The molecule has 2 rings (SSSR count). The van der Waals surface area contributed by atoms with Gasteiger partial charge in [-0.3, -0.25) is 14.5 Å². The van der Waals surface area contributed by atoms with Gasteiger partial charge in [0, 0.05) is 13.0 Å². The van der Waals surface area contributed by atoms with E-state index in [4.69, 9.17) is 14.2 Å². The Labute approximate surface area is 214 Å². The summed E-state index contributed by atoms with van der Waals surface area (Å²) in [6.07, 6.45) is 3.63.